The van der Waals surface area contributed by atoms with Crippen LogP contribution >= 0.6 is 0 Å². The maximum absolute atomic E-state index is 12.7. The van der Waals surface area contributed by atoms with E-state index in [-0.39, 0.29) is 5.41 Å². The maximum atomic E-state index is 12.7. The minimum Gasteiger partial charge on any atom is -0.369 e. The molecule has 1 amide bonds. The Morgan fingerprint density at radius 3 is 2.24 bits per heavy atom. The summed E-state index contributed by atoms with van der Waals surface area (Å²) in [5.74, 6) is 0.372. The third kappa shape index (κ3) is 3.69. The summed E-state index contributed by atoms with van der Waals surface area (Å²) in [5.41, 5.74) is 1.24. The molecule has 0 radical (unpaired) electrons. The van der Waals surface area contributed by atoms with Crippen LogP contribution in [-0.2, 0) is 4.79 Å². The molecular weight excluding hydrogens is 310 g/mol. The van der Waals surface area contributed by atoms with Crippen molar-refractivity contribution in [1.29, 1.82) is 0 Å². The summed E-state index contributed by atoms with van der Waals surface area (Å²) in [6.07, 6.45) is 4.09. The Hall–Kier alpha value is -1.55. The molecule has 1 atom stereocenters. The van der Waals surface area contributed by atoms with Crippen LogP contribution in [0.25, 0.3) is 0 Å². The normalized spacial score (nSPS) is 24.1. The summed E-state index contributed by atoms with van der Waals surface area (Å²) in [6.45, 7) is 9.86. The van der Waals surface area contributed by atoms with E-state index in [0.29, 0.717) is 11.9 Å². The molecule has 0 spiro atoms. The molecule has 2 heterocycles. The number of amides is 1. The first kappa shape index (κ1) is 18.2. The van der Waals surface area contributed by atoms with Crippen molar-refractivity contribution in [2.75, 3.05) is 44.7 Å². The zero-order valence-corrected chi connectivity index (χ0v) is 16.1. The topological polar surface area (TPSA) is 26.8 Å². The van der Waals surface area contributed by atoms with Gasteiger partial charge in [0.15, 0.2) is 0 Å². The lowest BCUT2D eigenvalue weighted by Crippen LogP contribution is -2.47. The third-order valence-corrected chi connectivity index (χ3v) is 6.57. The van der Waals surface area contributed by atoms with Crippen LogP contribution in [0.2, 0.25) is 0 Å². The van der Waals surface area contributed by atoms with Crippen molar-refractivity contribution in [1.82, 2.24) is 9.80 Å². The highest BCUT2D eigenvalue weighted by Crippen LogP contribution is 2.42. The number of piperazine rings is 1. The average Bonchev–Trinajstić information content (AvgIpc) is 2.92. The smallest absolute Gasteiger partial charge is 0.228 e. The summed E-state index contributed by atoms with van der Waals surface area (Å²) < 4.78 is 0. The lowest BCUT2D eigenvalue weighted by molar-refractivity contribution is -0.136. The Bertz CT molecular complexity index is 562. The summed E-state index contributed by atoms with van der Waals surface area (Å²) in [7, 11) is 2.01. The van der Waals surface area contributed by atoms with Crippen molar-refractivity contribution in [2.45, 2.75) is 45.6 Å². The summed E-state index contributed by atoms with van der Waals surface area (Å²) in [5, 5.41) is 0. The highest BCUT2D eigenvalue weighted by molar-refractivity contribution is 5.85. The molecule has 0 aliphatic carbocycles. The number of rotatable bonds is 6. The lowest BCUT2D eigenvalue weighted by atomic mass is 9.79. The number of carbonyl (C=O) groups is 1. The van der Waals surface area contributed by atoms with Gasteiger partial charge in [0.2, 0.25) is 5.91 Å². The van der Waals surface area contributed by atoms with E-state index in [4.69, 9.17) is 0 Å². The fourth-order valence-corrected chi connectivity index (χ4v) is 4.55. The Morgan fingerprint density at radius 2 is 1.68 bits per heavy atom. The number of nitrogens with zero attached hydrogens (tertiary/aromatic N) is 3. The van der Waals surface area contributed by atoms with Crippen LogP contribution in [0, 0.1) is 5.41 Å². The molecule has 2 aliphatic rings. The van der Waals surface area contributed by atoms with E-state index in [1.165, 1.54) is 5.69 Å². The van der Waals surface area contributed by atoms with Crippen LogP contribution in [0.5, 0.6) is 0 Å². The summed E-state index contributed by atoms with van der Waals surface area (Å²) >= 11 is 0. The molecule has 4 heteroatoms. The quantitative estimate of drug-likeness (QED) is 0.793. The summed E-state index contributed by atoms with van der Waals surface area (Å²) in [4.78, 5) is 19.7. The second kappa shape index (κ2) is 7.77. The van der Waals surface area contributed by atoms with Gasteiger partial charge in [0, 0.05) is 51.5 Å². The summed E-state index contributed by atoms with van der Waals surface area (Å²) in [6, 6.07) is 11.1. The molecule has 0 unspecified atom stereocenters. The molecule has 3 rings (SSSR count). The van der Waals surface area contributed by atoms with Crippen LogP contribution in [0.4, 0.5) is 5.69 Å². The second-order valence-corrected chi connectivity index (χ2v) is 7.71. The Labute approximate surface area is 152 Å². The Balaban J connectivity index is 1.48. The van der Waals surface area contributed by atoms with E-state index < -0.39 is 0 Å². The van der Waals surface area contributed by atoms with Gasteiger partial charge >= 0.3 is 0 Å². The lowest BCUT2D eigenvalue weighted by Gasteiger charge is -2.36. The number of benzene rings is 1. The van der Waals surface area contributed by atoms with Crippen molar-refractivity contribution in [2.24, 2.45) is 5.41 Å². The molecule has 0 aromatic heterocycles. The van der Waals surface area contributed by atoms with Gasteiger partial charge in [0.1, 0.15) is 0 Å². The second-order valence-electron chi connectivity index (χ2n) is 7.71. The van der Waals surface area contributed by atoms with E-state index in [1.54, 1.807) is 0 Å². The third-order valence-electron chi connectivity index (χ3n) is 6.57. The van der Waals surface area contributed by atoms with E-state index >= 15 is 0 Å². The van der Waals surface area contributed by atoms with Crippen LogP contribution in [0.15, 0.2) is 30.3 Å². The monoisotopic (exact) mass is 343 g/mol. The molecule has 1 aromatic rings. The molecule has 2 fully saturated rings. The maximum Gasteiger partial charge on any atom is 0.228 e. The van der Waals surface area contributed by atoms with E-state index in [9.17, 15) is 4.79 Å². The fraction of sp³-hybridized carbons (Fsp3) is 0.667. The zero-order chi connectivity index (χ0) is 17.9. The molecule has 25 heavy (non-hydrogen) atoms. The first-order chi connectivity index (χ1) is 12.1. The van der Waals surface area contributed by atoms with Gasteiger partial charge < -0.3 is 9.80 Å². The molecule has 0 saturated carbocycles. The molecule has 0 bridgehead atoms. The van der Waals surface area contributed by atoms with E-state index in [0.717, 1.165) is 58.4 Å². The molecule has 2 aliphatic heterocycles. The predicted octanol–water partition coefficient (Wildman–Crippen LogP) is 3.24. The van der Waals surface area contributed by atoms with E-state index in [1.807, 2.05) is 11.9 Å². The minimum atomic E-state index is -0.0918. The average molecular weight is 344 g/mol. The van der Waals surface area contributed by atoms with Gasteiger partial charge in [-0.05, 0) is 37.8 Å². The van der Waals surface area contributed by atoms with Crippen molar-refractivity contribution in [3.63, 3.8) is 0 Å². The molecule has 2 saturated heterocycles. The van der Waals surface area contributed by atoms with Gasteiger partial charge in [-0.2, -0.15) is 0 Å². The van der Waals surface area contributed by atoms with Crippen molar-refractivity contribution in [3.05, 3.63) is 30.3 Å². The first-order valence-corrected chi connectivity index (χ1v) is 9.89. The molecule has 0 N–H and O–H groups in total. The van der Waals surface area contributed by atoms with E-state index in [2.05, 4.69) is 54.0 Å². The number of hydrogen-bond donors (Lipinski definition) is 0. The number of hydrogen-bond acceptors (Lipinski definition) is 3. The largest absolute Gasteiger partial charge is 0.369 e. The van der Waals surface area contributed by atoms with Crippen molar-refractivity contribution in [3.8, 4) is 0 Å². The zero-order valence-electron chi connectivity index (χ0n) is 16.1. The van der Waals surface area contributed by atoms with Gasteiger partial charge in [-0.3, -0.25) is 9.69 Å². The van der Waals surface area contributed by atoms with Gasteiger partial charge in [-0.25, -0.2) is 0 Å². The Morgan fingerprint density at radius 1 is 1.04 bits per heavy atom. The van der Waals surface area contributed by atoms with Crippen molar-refractivity contribution < 1.29 is 4.79 Å². The van der Waals surface area contributed by atoms with Crippen LogP contribution < -0.4 is 4.90 Å². The SMILES string of the molecule is CCC1(CC)C[C@H](CCN2CCN(c3ccccc3)CC2)N(C)C1=O. The molecule has 1 aromatic carbocycles. The highest BCUT2D eigenvalue weighted by Gasteiger charge is 2.47. The Kier molecular flexibility index (Phi) is 5.67. The van der Waals surface area contributed by atoms with Gasteiger partial charge in [-0.15, -0.1) is 0 Å². The fourth-order valence-electron chi connectivity index (χ4n) is 4.55. The highest BCUT2D eigenvalue weighted by atomic mass is 16.2. The van der Waals surface area contributed by atoms with Gasteiger partial charge in [0.25, 0.3) is 0 Å². The molecule has 4 nitrogen and oxygen atoms in total. The predicted molar refractivity (Wildman–Crippen MR) is 104 cm³/mol. The number of para-hydroxylation sites is 1. The number of anilines is 1. The van der Waals surface area contributed by atoms with Crippen LogP contribution in [0.3, 0.4) is 0 Å². The van der Waals surface area contributed by atoms with Gasteiger partial charge in [0.05, 0.1) is 5.41 Å². The minimum absolute atomic E-state index is 0.0918. The number of carbonyl (C=O) groups excluding carboxylic acids is 1. The molecule has 138 valence electrons. The van der Waals surface area contributed by atoms with Gasteiger partial charge in [-0.1, -0.05) is 32.0 Å². The number of likely N-dealkylation sites (tertiary alicyclic amines) is 1. The molecular formula is C21H33N3O. The van der Waals surface area contributed by atoms with Crippen molar-refractivity contribution >= 4 is 11.6 Å². The first-order valence-electron chi connectivity index (χ1n) is 9.89. The van der Waals surface area contributed by atoms with Crippen LogP contribution in [-0.4, -0.2) is 61.5 Å². The standard InChI is InChI=1S/C21H33N3O/c1-4-21(5-2)17-19(22(3)20(21)25)11-12-23-13-15-24(16-14-23)18-9-7-6-8-10-18/h6-10,19H,4-5,11-17H2,1-3H3/t19-/m0/s1. The van der Waals surface area contributed by atoms with Crippen LogP contribution in [0.1, 0.15) is 39.5 Å².